The minimum atomic E-state index is -4.52. The second kappa shape index (κ2) is 11.7. The van der Waals surface area contributed by atoms with Gasteiger partial charge in [-0.2, -0.15) is 26.3 Å². The largest absolute Gasteiger partial charge is 0.489 e. The fourth-order valence-electron chi connectivity index (χ4n) is 3.04. The molecule has 6 nitrogen and oxygen atoms in total. The summed E-state index contributed by atoms with van der Waals surface area (Å²) in [5.74, 6) is -0.897. The highest BCUT2D eigenvalue weighted by atomic mass is 19.4. The molecule has 12 heteroatoms. The normalized spacial score (nSPS) is 11.9. The molecule has 3 rings (SSSR count). The van der Waals surface area contributed by atoms with Gasteiger partial charge in [-0.15, -0.1) is 0 Å². The van der Waals surface area contributed by atoms with Crippen LogP contribution in [0.25, 0.3) is 0 Å². The number of rotatable bonds is 10. The van der Waals surface area contributed by atoms with Crippen LogP contribution in [0.15, 0.2) is 71.9 Å². The molecule has 0 bridgehead atoms. The number of carboxylic acid groups (broad SMARTS) is 1. The first kappa shape index (κ1) is 27.4. The molecule has 0 aromatic heterocycles. The molecule has 0 spiro atoms. The molecular formula is C25H19F6NO5. The Labute approximate surface area is 206 Å². The number of benzene rings is 3. The molecule has 0 aliphatic carbocycles. The maximum Gasteiger partial charge on any atom is 0.416 e. The Bertz CT molecular complexity index is 1260. The van der Waals surface area contributed by atoms with Crippen molar-refractivity contribution in [2.45, 2.75) is 25.6 Å². The van der Waals surface area contributed by atoms with E-state index in [9.17, 15) is 31.1 Å². The van der Waals surface area contributed by atoms with Crippen LogP contribution in [0, 0.1) is 0 Å². The van der Waals surface area contributed by atoms with E-state index in [1.165, 1.54) is 42.5 Å². The summed E-state index contributed by atoms with van der Waals surface area (Å²) in [6, 6.07) is 13.4. The van der Waals surface area contributed by atoms with E-state index >= 15 is 0 Å². The van der Waals surface area contributed by atoms with Crippen molar-refractivity contribution in [2.24, 2.45) is 5.16 Å². The summed E-state index contributed by atoms with van der Waals surface area (Å²) in [4.78, 5) is 15.2. The van der Waals surface area contributed by atoms with Crippen molar-refractivity contribution in [3.05, 3.63) is 94.5 Å². The Morgan fingerprint density at radius 3 is 1.92 bits per heavy atom. The monoisotopic (exact) mass is 527 g/mol. The Balaban J connectivity index is 1.77. The second-order valence-electron chi connectivity index (χ2n) is 7.57. The molecule has 0 aliphatic heterocycles. The zero-order chi connectivity index (χ0) is 27.1. The number of nitrogens with zero attached hydrogens (tertiary/aromatic N) is 1. The first-order chi connectivity index (χ1) is 17.4. The van der Waals surface area contributed by atoms with Gasteiger partial charge >= 0.3 is 18.3 Å². The summed E-state index contributed by atoms with van der Waals surface area (Å²) in [6.45, 7) is -1.14. The molecule has 3 aromatic rings. The smallest absolute Gasteiger partial charge is 0.416 e. The van der Waals surface area contributed by atoms with E-state index in [4.69, 9.17) is 14.6 Å². The number of oxime groups is 1. The van der Waals surface area contributed by atoms with E-state index in [1.54, 1.807) is 0 Å². The second-order valence-corrected chi connectivity index (χ2v) is 7.57. The van der Waals surface area contributed by atoms with Crippen LogP contribution in [0.3, 0.4) is 0 Å². The van der Waals surface area contributed by atoms with Gasteiger partial charge in [0.15, 0.2) is 0 Å². The molecule has 0 atom stereocenters. The highest BCUT2D eigenvalue weighted by molar-refractivity contribution is 5.84. The molecule has 1 N–H and O–H groups in total. The maximum atomic E-state index is 13.0. The fraction of sp³-hybridized carbons (Fsp3) is 0.200. The van der Waals surface area contributed by atoms with Crippen LogP contribution in [0.5, 0.6) is 11.5 Å². The Kier molecular flexibility index (Phi) is 8.64. The van der Waals surface area contributed by atoms with Gasteiger partial charge in [-0.25, -0.2) is 4.79 Å². The summed E-state index contributed by atoms with van der Waals surface area (Å²) in [5, 5.41) is 12.2. The van der Waals surface area contributed by atoms with Crippen molar-refractivity contribution < 1.29 is 50.6 Å². The van der Waals surface area contributed by atoms with Crippen LogP contribution >= 0.6 is 0 Å². The van der Waals surface area contributed by atoms with Crippen molar-refractivity contribution in [2.75, 3.05) is 6.61 Å². The van der Waals surface area contributed by atoms with Gasteiger partial charge < -0.3 is 19.4 Å². The van der Waals surface area contributed by atoms with Crippen LogP contribution in [-0.4, -0.2) is 23.9 Å². The van der Waals surface area contributed by atoms with Gasteiger partial charge in [-0.1, -0.05) is 29.4 Å². The highest BCUT2D eigenvalue weighted by Crippen LogP contribution is 2.31. The molecule has 0 saturated heterocycles. The lowest BCUT2D eigenvalue weighted by molar-refractivity contribution is -0.142. The molecule has 0 aliphatic rings. The summed E-state index contributed by atoms with van der Waals surface area (Å²) in [5.41, 5.74) is -0.936. The van der Waals surface area contributed by atoms with Gasteiger partial charge in [0.2, 0.25) is 6.61 Å². The average Bonchev–Trinajstić information content (AvgIpc) is 2.84. The zero-order valence-electron chi connectivity index (χ0n) is 18.8. The van der Waals surface area contributed by atoms with Crippen LogP contribution in [0.1, 0.15) is 27.8 Å². The van der Waals surface area contributed by atoms with Gasteiger partial charge in [0, 0.05) is 5.56 Å². The average molecular weight is 527 g/mol. The summed E-state index contributed by atoms with van der Waals surface area (Å²) >= 11 is 0. The standard InChI is InChI=1S/C25H19F6NO5/c26-24(27,28)19-5-1-3-16(9-19)13-35-21-7-8-22(18(11-21)12-32-37-15-23(33)34)36-14-17-4-2-6-20(10-17)25(29,30)31/h1-12H,13-15H2,(H,33,34). The van der Waals surface area contributed by atoms with E-state index in [0.29, 0.717) is 0 Å². The van der Waals surface area contributed by atoms with E-state index in [2.05, 4.69) is 9.99 Å². The topological polar surface area (TPSA) is 77.4 Å². The fourth-order valence-corrected chi connectivity index (χ4v) is 3.04. The number of hydrogen-bond donors (Lipinski definition) is 1. The Morgan fingerprint density at radius 2 is 1.38 bits per heavy atom. The van der Waals surface area contributed by atoms with Crippen LogP contribution in [-0.2, 0) is 35.2 Å². The van der Waals surface area contributed by atoms with Crippen LogP contribution in [0.4, 0.5) is 26.3 Å². The van der Waals surface area contributed by atoms with Gasteiger partial charge in [-0.05, 0) is 53.6 Å². The maximum absolute atomic E-state index is 13.0. The highest BCUT2D eigenvalue weighted by Gasteiger charge is 2.31. The summed E-state index contributed by atoms with van der Waals surface area (Å²) < 4.78 is 88.9. The number of ether oxygens (including phenoxy) is 2. The van der Waals surface area contributed by atoms with E-state index in [1.807, 2.05) is 0 Å². The molecule has 0 amide bonds. The van der Waals surface area contributed by atoms with Crippen molar-refractivity contribution in [3.63, 3.8) is 0 Å². The number of alkyl halides is 6. The number of carbonyl (C=O) groups is 1. The summed E-state index contributed by atoms with van der Waals surface area (Å²) in [7, 11) is 0. The quantitative estimate of drug-likeness (QED) is 0.190. The molecular weight excluding hydrogens is 508 g/mol. The van der Waals surface area contributed by atoms with Crippen molar-refractivity contribution in [1.82, 2.24) is 0 Å². The zero-order valence-corrected chi connectivity index (χ0v) is 18.8. The third-order valence-corrected chi connectivity index (χ3v) is 4.74. The minimum absolute atomic E-state index is 0.159. The van der Waals surface area contributed by atoms with Gasteiger partial charge in [-0.3, -0.25) is 0 Å². The lowest BCUT2D eigenvalue weighted by atomic mass is 10.1. The van der Waals surface area contributed by atoms with Crippen LogP contribution in [0.2, 0.25) is 0 Å². The van der Waals surface area contributed by atoms with Crippen LogP contribution < -0.4 is 9.47 Å². The molecule has 0 unspecified atom stereocenters. The minimum Gasteiger partial charge on any atom is -0.489 e. The van der Waals surface area contributed by atoms with Gasteiger partial charge in [0.05, 0.1) is 17.3 Å². The van der Waals surface area contributed by atoms with Gasteiger partial charge in [0.1, 0.15) is 24.7 Å². The third kappa shape index (κ3) is 8.44. The van der Waals surface area contributed by atoms with Crippen molar-refractivity contribution in [1.29, 1.82) is 0 Å². The number of carboxylic acids is 1. The Hall–Kier alpha value is -4.22. The van der Waals surface area contributed by atoms with E-state index in [0.717, 1.165) is 30.5 Å². The van der Waals surface area contributed by atoms with Gasteiger partial charge in [0.25, 0.3) is 0 Å². The van der Waals surface area contributed by atoms with Crippen molar-refractivity contribution >= 4 is 12.2 Å². The molecule has 0 heterocycles. The summed E-state index contributed by atoms with van der Waals surface area (Å²) in [6.07, 6.45) is -7.91. The third-order valence-electron chi connectivity index (χ3n) is 4.74. The SMILES string of the molecule is O=C(O)CON=Cc1cc(OCc2cccc(C(F)(F)F)c2)ccc1OCc1cccc(C(F)(F)F)c1. The molecule has 0 radical (unpaired) electrons. The molecule has 37 heavy (non-hydrogen) atoms. The molecule has 0 fully saturated rings. The molecule has 3 aromatic carbocycles. The molecule has 196 valence electrons. The molecule has 0 saturated carbocycles. The lowest BCUT2D eigenvalue weighted by Crippen LogP contribution is -2.07. The Morgan fingerprint density at radius 1 is 0.811 bits per heavy atom. The number of hydrogen-bond acceptors (Lipinski definition) is 5. The predicted octanol–water partition coefficient (Wildman–Crippen LogP) is 6.32. The first-order valence-corrected chi connectivity index (χ1v) is 10.5. The van der Waals surface area contributed by atoms with E-state index < -0.39 is 36.1 Å². The lowest BCUT2D eigenvalue weighted by Gasteiger charge is -2.13. The van der Waals surface area contributed by atoms with E-state index in [-0.39, 0.29) is 41.4 Å². The number of aliphatic carboxylic acids is 1. The predicted molar refractivity (Wildman–Crippen MR) is 119 cm³/mol. The van der Waals surface area contributed by atoms with Crippen molar-refractivity contribution in [3.8, 4) is 11.5 Å². The first-order valence-electron chi connectivity index (χ1n) is 10.5. The number of halogens is 6.